The standard InChI is InChI=1S/C19H29N3O4S/c1-4-10-21(11-5-2)18(23)15-7-9-20-17(13-15)19(24)22(6-3)16-8-12-27(25,26)14-16/h7,9,13,16H,4-6,8,10-12,14H2,1-3H3. The molecular weight excluding hydrogens is 366 g/mol. The molecule has 2 heterocycles. The van der Waals surface area contributed by atoms with E-state index < -0.39 is 9.84 Å². The Balaban J connectivity index is 2.22. The third-order valence-electron chi connectivity index (χ3n) is 4.75. The van der Waals surface area contributed by atoms with Gasteiger partial charge in [0.2, 0.25) is 0 Å². The highest BCUT2D eigenvalue weighted by atomic mass is 32.2. The van der Waals surface area contributed by atoms with Crippen LogP contribution in [0, 0.1) is 0 Å². The Morgan fingerprint density at radius 3 is 2.33 bits per heavy atom. The first-order chi connectivity index (χ1) is 12.8. The second-order valence-electron chi connectivity index (χ2n) is 6.87. The Bertz CT molecular complexity index is 773. The lowest BCUT2D eigenvalue weighted by molar-refractivity contribution is 0.0702. The topological polar surface area (TPSA) is 87.7 Å². The van der Waals surface area contributed by atoms with Crippen molar-refractivity contribution in [2.45, 2.75) is 46.1 Å². The molecule has 0 bridgehead atoms. The molecule has 0 aromatic carbocycles. The minimum Gasteiger partial charge on any atom is -0.339 e. The Kier molecular flexibility index (Phi) is 7.35. The zero-order chi connectivity index (χ0) is 20.0. The van der Waals surface area contributed by atoms with Crippen LogP contribution in [0.2, 0.25) is 0 Å². The van der Waals surface area contributed by atoms with Gasteiger partial charge in [-0.05, 0) is 38.3 Å². The second-order valence-corrected chi connectivity index (χ2v) is 9.10. The summed E-state index contributed by atoms with van der Waals surface area (Å²) in [4.78, 5) is 33.2. The van der Waals surface area contributed by atoms with Gasteiger partial charge in [-0.1, -0.05) is 13.8 Å². The van der Waals surface area contributed by atoms with Crippen molar-refractivity contribution in [3.05, 3.63) is 29.6 Å². The largest absolute Gasteiger partial charge is 0.339 e. The van der Waals surface area contributed by atoms with Gasteiger partial charge in [0.25, 0.3) is 11.8 Å². The first-order valence-electron chi connectivity index (χ1n) is 9.59. The smallest absolute Gasteiger partial charge is 0.272 e. The summed E-state index contributed by atoms with van der Waals surface area (Å²) >= 11 is 0. The number of hydrogen-bond donors (Lipinski definition) is 0. The van der Waals surface area contributed by atoms with Crippen molar-refractivity contribution in [2.24, 2.45) is 0 Å². The summed E-state index contributed by atoms with van der Waals surface area (Å²) in [6.45, 7) is 7.59. The summed E-state index contributed by atoms with van der Waals surface area (Å²) in [6.07, 6.45) is 3.64. The van der Waals surface area contributed by atoms with Crippen LogP contribution in [0.4, 0.5) is 0 Å². The van der Waals surface area contributed by atoms with Gasteiger partial charge < -0.3 is 9.80 Å². The second kappa shape index (κ2) is 9.30. The van der Waals surface area contributed by atoms with Crippen molar-refractivity contribution in [1.82, 2.24) is 14.8 Å². The summed E-state index contributed by atoms with van der Waals surface area (Å²) in [5.74, 6) is -0.337. The Morgan fingerprint density at radius 2 is 1.81 bits per heavy atom. The number of pyridine rings is 1. The highest BCUT2D eigenvalue weighted by Crippen LogP contribution is 2.20. The van der Waals surface area contributed by atoms with Crippen molar-refractivity contribution < 1.29 is 18.0 Å². The van der Waals surface area contributed by atoms with Gasteiger partial charge in [-0.2, -0.15) is 0 Å². The highest BCUT2D eigenvalue weighted by molar-refractivity contribution is 7.91. The molecule has 2 amide bonds. The molecule has 1 unspecified atom stereocenters. The van der Waals surface area contributed by atoms with Crippen molar-refractivity contribution in [3.63, 3.8) is 0 Å². The highest BCUT2D eigenvalue weighted by Gasteiger charge is 2.34. The number of carbonyl (C=O) groups is 2. The molecule has 2 rings (SSSR count). The zero-order valence-corrected chi connectivity index (χ0v) is 17.2. The normalized spacial score (nSPS) is 18.3. The number of aromatic nitrogens is 1. The minimum atomic E-state index is -3.09. The van der Waals surface area contributed by atoms with Gasteiger partial charge in [-0.15, -0.1) is 0 Å². The van der Waals surface area contributed by atoms with Crippen LogP contribution in [-0.4, -0.2) is 72.2 Å². The van der Waals surface area contributed by atoms with E-state index >= 15 is 0 Å². The molecule has 150 valence electrons. The van der Waals surface area contributed by atoms with E-state index in [0.29, 0.717) is 31.6 Å². The van der Waals surface area contributed by atoms with Gasteiger partial charge in [0, 0.05) is 37.4 Å². The van der Waals surface area contributed by atoms with Crippen LogP contribution in [0.25, 0.3) is 0 Å². The number of rotatable bonds is 8. The molecule has 0 spiro atoms. The molecule has 1 atom stereocenters. The maximum atomic E-state index is 12.9. The molecule has 1 aliphatic heterocycles. The first kappa shape index (κ1) is 21.3. The average molecular weight is 396 g/mol. The Morgan fingerprint density at radius 1 is 1.15 bits per heavy atom. The van der Waals surface area contributed by atoms with Crippen LogP contribution in [-0.2, 0) is 9.84 Å². The van der Waals surface area contributed by atoms with Crippen LogP contribution in [0.15, 0.2) is 18.3 Å². The summed E-state index contributed by atoms with van der Waals surface area (Å²) in [7, 11) is -3.09. The van der Waals surface area contributed by atoms with Gasteiger partial charge in [-0.25, -0.2) is 8.42 Å². The monoisotopic (exact) mass is 395 g/mol. The molecule has 8 heteroatoms. The van der Waals surface area contributed by atoms with E-state index in [1.165, 1.54) is 12.3 Å². The minimum absolute atomic E-state index is 0.00796. The molecule has 27 heavy (non-hydrogen) atoms. The Labute approximate surface area is 161 Å². The average Bonchev–Trinajstić information content (AvgIpc) is 3.01. The van der Waals surface area contributed by atoms with Crippen LogP contribution >= 0.6 is 0 Å². The molecule has 0 saturated carbocycles. The van der Waals surface area contributed by atoms with E-state index in [4.69, 9.17) is 0 Å². The third kappa shape index (κ3) is 5.28. The van der Waals surface area contributed by atoms with Crippen molar-refractivity contribution >= 4 is 21.7 Å². The first-order valence-corrected chi connectivity index (χ1v) is 11.4. The fourth-order valence-corrected chi connectivity index (χ4v) is 5.18. The molecule has 0 radical (unpaired) electrons. The molecule has 7 nitrogen and oxygen atoms in total. The molecule has 0 N–H and O–H groups in total. The third-order valence-corrected chi connectivity index (χ3v) is 6.50. The van der Waals surface area contributed by atoms with Crippen molar-refractivity contribution in [2.75, 3.05) is 31.1 Å². The van der Waals surface area contributed by atoms with Crippen LogP contribution in [0.1, 0.15) is 60.9 Å². The number of sulfone groups is 1. The van der Waals surface area contributed by atoms with Crippen LogP contribution in [0.5, 0.6) is 0 Å². The summed E-state index contributed by atoms with van der Waals surface area (Å²) in [6, 6.07) is 2.81. The lowest BCUT2D eigenvalue weighted by atomic mass is 10.1. The SMILES string of the molecule is CCCN(CCC)C(=O)c1ccnc(C(=O)N(CC)C2CCS(=O)(=O)C2)c1. The number of nitrogens with zero attached hydrogens (tertiary/aromatic N) is 3. The predicted molar refractivity (Wildman–Crippen MR) is 104 cm³/mol. The number of amides is 2. The van der Waals surface area contributed by atoms with E-state index in [9.17, 15) is 18.0 Å². The molecule has 1 aromatic heterocycles. The molecule has 1 aliphatic rings. The van der Waals surface area contributed by atoms with Crippen LogP contribution < -0.4 is 0 Å². The lowest BCUT2D eigenvalue weighted by Gasteiger charge is -2.26. The number of hydrogen-bond acceptors (Lipinski definition) is 5. The molecule has 1 fully saturated rings. The Hall–Kier alpha value is -1.96. The van der Waals surface area contributed by atoms with Gasteiger partial charge in [0.05, 0.1) is 11.5 Å². The van der Waals surface area contributed by atoms with Gasteiger partial charge in [-0.3, -0.25) is 14.6 Å². The van der Waals surface area contributed by atoms with E-state index in [2.05, 4.69) is 4.98 Å². The zero-order valence-electron chi connectivity index (χ0n) is 16.3. The fourth-order valence-electron chi connectivity index (χ4n) is 3.45. The summed E-state index contributed by atoms with van der Waals surface area (Å²) < 4.78 is 23.5. The maximum Gasteiger partial charge on any atom is 0.272 e. The molecule has 1 saturated heterocycles. The predicted octanol–water partition coefficient (Wildman–Crippen LogP) is 1.99. The van der Waals surface area contributed by atoms with Crippen LogP contribution in [0.3, 0.4) is 0 Å². The van der Waals surface area contributed by atoms with Crippen molar-refractivity contribution in [1.29, 1.82) is 0 Å². The fraction of sp³-hybridized carbons (Fsp3) is 0.632. The van der Waals surface area contributed by atoms with E-state index in [1.54, 1.807) is 15.9 Å². The molecule has 0 aliphatic carbocycles. The van der Waals surface area contributed by atoms with Gasteiger partial charge in [0.1, 0.15) is 5.69 Å². The number of carbonyl (C=O) groups excluding carboxylic acids is 2. The van der Waals surface area contributed by atoms with E-state index in [-0.39, 0.29) is 35.1 Å². The maximum absolute atomic E-state index is 12.9. The quantitative estimate of drug-likeness (QED) is 0.672. The summed E-state index contributed by atoms with van der Waals surface area (Å²) in [5.41, 5.74) is 0.616. The lowest BCUT2D eigenvalue weighted by Crippen LogP contribution is -2.41. The van der Waals surface area contributed by atoms with E-state index in [0.717, 1.165) is 12.8 Å². The molecule has 1 aromatic rings. The summed E-state index contributed by atoms with van der Waals surface area (Å²) in [5, 5.41) is 0. The molecular formula is C19H29N3O4S. The van der Waals surface area contributed by atoms with Crippen molar-refractivity contribution in [3.8, 4) is 0 Å². The van der Waals surface area contributed by atoms with Gasteiger partial charge >= 0.3 is 0 Å². The van der Waals surface area contributed by atoms with Gasteiger partial charge in [0.15, 0.2) is 9.84 Å². The van der Waals surface area contributed by atoms with E-state index in [1.807, 2.05) is 20.8 Å².